The number of rotatable bonds is 4. The van der Waals surface area contributed by atoms with E-state index in [1.165, 1.54) is 38.6 Å². The molecule has 78 valence electrons. The van der Waals surface area contributed by atoms with Gasteiger partial charge in [-0.3, -0.25) is 0 Å². The SMILES string of the molecule is CCCNC1CCCC(C(C)C)C1. The molecule has 0 heterocycles. The Kier molecular flexibility index (Phi) is 4.79. The molecule has 1 rings (SSSR count). The topological polar surface area (TPSA) is 12.0 Å². The Bertz CT molecular complexity index is 131. The van der Waals surface area contributed by atoms with E-state index in [-0.39, 0.29) is 0 Å². The van der Waals surface area contributed by atoms with Crippen molar-refractivity contribution in [1.82, 2.24) is 5.32 Å². The highest BCUT2D eigenvalue weighted by Gasteiger charge is 2.23. The van der Waals surface area contributed by atoms with Crippen molar-refractivity contribution < 1.29 is 0 Å². The van der Waals surface area contributed by atoms with Gasteiger partial charge in [0.05, 0.1) is 0 Å². The van der Waals surface area contributed by atoms with Crippen LogP contribution >= 0.6 is 0 Å². The predicted octanol–water partition coefficient (Wildman–Crippen LogP) is 3.20. The number of nitrogens with one attached hydrogen (secondary N) is 1. The molecule has 2 unspecified atom stereocenters. The van der Waals surface area contributed by atoms with Crippen LogP contribution < -0.4 is 5.32 Å². The van der Waals surface area contributed by atoms with E-state index < -0.39 is 0 Å². The second-order valence-corrected chi connectivity index (χ2v) is 4.82. The molecule has 1 nitrogen and oxygen atoms in total. The summed E-state index contributed by atoms with van der Waals surface area (Å²) in [4.78, 5) is 0. The Hall–Kier alpha value is -0.0400. The molecule has 2 atom stereocenters. The van der Waals surface area contributed by atoms with E-state index in [0.717, 1.165) is 17.9 Å². The summed E-state index contributed by atoms with van der Waals surface area (Å²) in [6.45, 7) is 8.19. The summed E-state index contributed by atoms with van der Waals surface area (Å²) in [5, 5.41) is 3.66. The summed E-state index contributed by atoms with van der Waals surface area (Å²) in [5.41, 5.74) is 0. The van der Waals surface area contributed by atoms with Crippen LogP contribution in [0.4, 0.5) is 0 Å². The van der Waals surface area contributed by atoms with Crippen molar-refractivity contribution in [2.75, 3.05) is 6.54 Å². The summed E-state index contributed by atoms with van der Waals surface area (Å²) in [7, 11) is 0. The van der Waals surface area contributed by atoms with Gasteiger partial charge in [-0.15, -0.1) is 0 Å². The van der Waals surface area contributed by atoms with Crippen molar-refractivity contribution in [2.45, 2.75) is 58.9 Å². The first-order valence-electron chi connectivity index (χ1n) is 5.97. The fraction of sp³-hybridized carbons (Fsp3) is 1.00. The molecule has 1 fully saturated rings. The maximum atomic E-state index is 3.66. The van der Waals surface area contributed by atoms with Gasteiger partial charge in [0.15, 0.2) is 0 Å². The first-order chi connectivity index (χ1) is 6.24. The maximum absolute atomic E-state index is 3.66. The Morgan fingerprint density at radius 3 is 2.69 bits per heavy atom. The van der Waals surface area contributed by atoms with Gasteiger partial charge in [0.1, 0.15) is 0 Å². The third-order valence-electron chi connectivity index (χ3n) is 3.34. The quantitative estimate of drug-likeness (QED) is 0.706. The second kappa shape index (κ2) is 5.64. The van der Waals surface area contributed by atoms with Crippen LogP contribution in [0.15, 0.2) is 0 Å². The first kappa shape index (κ1) is 11.0. The molecule has 0 amide bonds. The van der Waals surface area contributed by atoms with E-state index in [4.69, 9.17) is 0 Å². The molecule has 13 heavy (non-hydrogen) atoms. The third kappa shape index (κ3) is 3.68. The zero-order chi connectivity index (χ0) is 9.68. The lowest BCUT2D eigenvalue weighted by Crippen LogP contribution is -2.35. The van der Waals surface area contributed by atoms with Gasteiger partial charge < -0.3 is 5.32 Å². The molecule has 0 aliphatic heterocycles. The van der Waals surface area contributed by atoms with Crippen LogP contribution in [0.3, 0.4) is 0 Å². The smallest absolute Gasteiger partial charge is 0.00697 e. The van der Waals surface area contributed by atoms with Crippen LogP contribution in [-0.2, 0) is 0 Å². The summed E-state index contributed by atoms with van der Waals surface area (Å²) in [6.07, 6.45) is 6.98. The Balaban J connectivity index is 2.25. The molecular weight excluding hydrogens is 158 g/mol. The lowest BCUT2D eigenvalue weighted by molar-refractivity contribution is 0.232. The van der Waals surface area contributed by atoms with Crippen LogP contribution in [0.1, 0.15) is 52.9 Å². The lowest BCUT2D eigenvalue weighted by Gasteiger charge is -2.32. The molecule has 0 aromatic heterocycles. The number of hydrogen-bond donors (Lipinski definition) is 1. The Morgan fingerprint density at radius 2 is 2.08 bits per heavy atom. The molecule has 1 aliphatic rings. The maximum Gasteiger partial charge on any atom is 0.00697 e. The molecular formula is C12H25N. The van der Waals surface area contributed by atoms with Crippen LogP contribution in [0.25, 0.3) is 0 Å². The van der Waals surface area contributed by atoms with E-state index in [2.05, 4.69) is 26.1 Å². The normalized spacial score (nSPS) is 29.5. The van der Waals surface area contributed by atoms with Crippen molar-refractivity contribution in [3.63, 3.8) is 0 Å². The summed E-state index contributed by atoms with van der Waals surface area (Å²) in [5.74, 6) is 1.86. The zero-order valence-electron chi connectivity index (χ0n) is 9.47. The highest BCUT2D eigenvalue weighted by molar-refractivity contribution is 4.79. The van der Waals surface area contributed by atoms with Crippen molar-refractivity contribution in [3.05, 3.63) is 0 Å². The van der Waals surface area contributed by atoms with E-state index in [1.54, 1.807) is 0 Å². The fourth-order valence-corrected chi connectivity index (χ4v) is 2.37. The fourth-order valence-electron chi connectivity index (χ4n) is 2.37. The summed E-state index contributed by atoms with van der Waals surface area (Å²) >= 11 is 0. The lowest BCUT2D eigenvalue weighted by atomic mass is 9.79. The molecule has 0 bridgehead atoms. The van der Waals surface area contributed by atoms with Crippen LogP contribution in [-0.4, -0.2) is 12.6 Å². The van der Waals surface area contributed by atoms with Gasteiger partial charge in [-0.05, 0) is 37.6 Å². The van der Waals surface area contributed by atoms with Gasteiger partial charge in [-0.25, -0.2) is 0 Å². The monoisotopic (exact) mass is 183 g/mol. The molecule has 1 aliphatic carbocycles. The molecule has 0 saturated heterocycles. The minimum absolute atomic E-state index is 0.820. The van der Waals surface area contributed by atoms with Crippen LogP contribution in [0.5, 0.6) is 0 Å². The molecule has 0 aromatic carbocycles. The third-order valence-corrected chi connectivity index (χ3v) is 3.34. The predicted molar refractivity (Wildman–Crippen MR) is 58.9 cm³/mol. The van der Waals surface area contributed by atoms with E-state index in [0.29, 0.717) is 0 Å². The second-order valence-electron chi connectivity index (χ2n) is 4.82. The first-order valence-corrected chi connectivity index (χ1v) is 5.97. The average Bonchev–Trinajstić information content (AvgIpc) is 2.15. The molecule has 0 spiro atoms. The molecule has 1 N–H and O–H groups in total. The molecule has 0 aromatic rings. The Morgan fingerprint density at radius 1 is 1.31 bits per heavy atom. The standard InChI is InChI=1S/C12H25N/c1-4-8-13-12-7-5-6-11(9-12)10(2)3/h10-13H,4-9H2,1-3H3. The molecule has 1 heteroatoms. The molecule has 0 radical (unpaired) electrons. The van der Waals surface area contributed by atoms with Crippen molar-refractivity contribution in [3.8, 4) is 0 Å². The average molecular weight is 183 g/mol. The highest BCUT2D eigenvalue weighted by Crippen LogP contribution is 2.29. The van der Waals surface area contributed by atoms with Crippen molar-refractivity contribution in [1.29, 1.82) is 0 Å². The van der Waals surface area contributed by atoms with Gasteiger partial charge in [-0.2, -0.15) is 0 Å². The van der Waals surface area contributed by atoms with Gasteiger partial charge in [0.25, 0.3) is 0 Å². The summed E-state index contributed by atoms with van der Waals surface area (Å²) < 4.78 is 0. The van der Waals surface area contributed by atoms with Gasteiger partial charge in [0, 0.05) is 6.04 Å². The van der Waals surface area contributed by atoms with Gasteiger partial charge in [0.2, 0.25) is 0 Å². The summed E-state index contributed by atoms with van der Waals surface area (Å²) in [6, 6.07) is 0.820. The minimum Gasteiger partial charge on any atom is -0.314 e. The molecule has 1 saturated carbocycles. The zero-order valence-corrected chi connectivity index (χ0v) is 9.47. The largest absolute Gasteiger partial charge is 0.314 e. The van der Waals surface area contributed by atoms with Gasteiger partial charge >= 0.3 is 0 Å². The van der Waals surface area contributed by atoms with Gasteiger partial charge in [-0.1, -0.05) is 33.6 Å². The number of hydrogen-bond acceptors (Lipinski definition) is 1. The van der Waals surface area contributed by atoms with E-state index in [1.807, 2.05) is 0 Å². The van der Waals surface area contributed by atoms with Crippen molar-refractivity contribution in [2.24, 2.45) is 11.8 Å². The Labute approximate surface area is 83.3 Å². The van der Waals surface area contributed by atoms with Crippen molar-refractivity contribution >= 4 is 0 Å². The van der Waals surface area contributed by atoms with Crippen LogP contribution in [0.2, 0.25) is 0 Å². The van der Waals surface area contributed by atoms with Crippen LogP contribution in [0, 0.1) is 11.8 Å². The van der Waals surface area contributed by atoms with E-state index in [9.17, 15) is 0 Å². The van der Waals surface area contributed by atoms with E-state index >= 15 is 0 Å². The minimum atomic E-state index is 0.820. The highest BCUT2D eigenvalue weighted by atomic mass is 14.9.